The minimum absolute atomic E-state index is 0.0531. The van der Waals surface area contributed by atoms with E-state index in [-0.39, 0.29) is 6.61 Å². The van der Waals surface area contributed by atoms with Gasteiger partial charge in [0.25, 0.3) is 0 Å². The first-order valence-electron chi connectivity index (χ1n) is 5.07. The number of nitrogens with zero attached hydrogens (tertiary/aromatic N) is 2. The van der Waals surface area contributed by atoms with E-state index in [0.29, 0.717) is 23.2 Å². The molecule has 1 heterocycles. The van der Waals surface area contributed by atoms with Gasteiger partial charge in [0.1, 0.15) is 17.5 Å². The van der Waals surface area contributed by atoms with Gasteiger partial charge in [0.05, 0.1) is 24.7 Å². The lowest BCUT2D eigenvalue weighted by molar-refractivity contribution is 0.257. The summed E-state index contributed by atoms with van der Waals surface area (Å²) in [5.74, 6) is 0.645. The first-order chi connectivity index (χ1) is 8.29. The molecule has 0 amide bonds. The minimum Gasteiger partial charge on any atom is -0.487 e. The molecule has 88 valence electrons. The van der Waals surface area contributed by atoms with E-state index in [1.165, 1.54) is 6.20 Å². The van der Waals surface area contributed by atoms with E-state index in [1.54, 1.807) is 12.3 Å². The third kappa shape index (κ3) is 3.15. The molecule has 5 heteroatoms. The number of para-hydroxylation sites is 1. The Morgan fingerprint density at radius 1 is 1.18 bits per heavy atom. The molecule has 2 aromatic rings. The van der Waals surface area contributed by atoms with Crippen LogP contribution in [0.15, 0.2) is 36.7 Å². The maximum Gasteiger partial charge on any atom is 0.147 e. The summed E-state index contributed by atoms with van der Waals surface area (Å²) >= 11 is 5.63. The lowest BCUT2D eigenvalue weighted by Crippen LogP contribution is -2.01. The van der Waals surface area contributed by atoms with Crippen LogP contribution < -0.4 is 4.74 Å². The zero-order valence-electron chi connectivity index (χ0n) is 9.01. The summed E-state index contributed by atoms with van der Waals surface area (Å²) in [5.41, 5.74) is 1.43. The lowest BCUT2D eigenvalue weighted by Gasteiger charge is -2.09. The van der Waals surface area contributed by atoms with Crippen LogP contribution in [0.2, 0.25) is 5.15 Å². The molecule has 0 spiro atoms. The van der Waals surface area contributed by atoms with Crippen molar-refractivity contribution in [1.29, 1.82) is 0 Å². The molecule has 0 saturated heterocycles. The van der Waals surface area contributed by atoms with Gasteiger partial charge in [-0.05, 0) is 6.07 Å². The van der Waals surface area contributed by atoms with Crippen molar-refractivity contribution in [3.8, 4) is 5.75 Å². The molecule has 0 bridgehead atoms. The number of hydrogen-bond donors (Lipinski definition) is 1. The zero-order chi connectivity index (χ0) is 12.1. The third-order valence-electron chi connectivity index (χ3n) is 2.19. The van der Waals surface area contributed by atoms with Gasteiger partial charge >= 0.3 is 0 Å². The normalized spacial score (nSPS) is 10.2. The van der Waals surface area contributed by atoms with Crippen LogP contribution in [0.1, 0.15) is 11.3 Å². The fourth-order valence-corrected chi connectivity index (χ4v) is 1.44. The van der Waals surface area contributed by atoms with Crippen LogP contribution in [0, 0.1) is 0 Å². The second-order valence-corrected chi connectivity index (χ2v) is 3.77. The molecule has 0 atom stereocenters. The molecule has 0 aliphatic heterocycles. The topological polar surface area (TPSA) is 55.2 Å². The summed E-state index contributed by atoms with van der Waals surface area (Å²) in [6, 6.07) is 7.31. The van der Waals surface area contributed by atoms with Gasteiger partial charge < -0.3 is 9.84 Å². The molecule has 1 N–H and O–H groups in total. The van der Waals surface area contributed by atoms with Gasteiger partial charge in [-0.25, -0.2) is 4.98 Å². The van der Waals surface area contributed by atoms with E-state index < -0.39 is 0 Å². The summed E-state index contributed by atoms with van der Waals surface area (Å²) in [5, 5.41) is 9.48. The second-order valence-electron chi connectivity index (χ2n) is 3.38. The van der Waals surface area contributed by atoms with Crippen LogP contribution >= 0.6 is 11.6 Å². The van der Waals surface area contributed by atoms with Crippen molar-refractivity contribution in [2.75, 3.05) is 0 Å². The quantitative estimate of drug-likeness (QED) is 0.904. The van der Waals surface area contributed by atoms with Gasteiger partial charge in [-0.2, -0.15) is 0 Å². The van der Waals surface area contributed by atoms with Crippen molar-refractivity contribution >= 4 is 11.6 Å². The Morgan fingerprint density at radius 3 is 2.71 bits per heavy atom. The Labute approximate surface area is 104 Å². The molecule has 0 unspecified atom stereocenters. The number of rotatable bonds is 4. The van der Waals surface area contributed by atoms with Crippen LogP contribution in [-0.4, -0.2) is 15.1 Å². The fourth-order valence-electron chi connectivity index (χ4n) is 1.34. The minimum atomic E-state index is -0.0531. The van der Waals surface area contributed by atoms with Gasteiger partial charge in [0.2, 0.25) is 0 Å². The van der Waals surface area contributed by atoms with Crippen LogP contribution in [0.3, 0.4) is 0 Å². The zero-order valence-corrected chi connectivity index (χ0v) is 9.76. The highest BCUT2D eigenvalue weighted by Gasteiger charge is 2.02. The molecular formula is C12H11ClN2O2. The summed E-state index contributed by atoms with van der Waals surface area (Å²) in [6.45, 7) is 0.240. The molecule has 0 saturated carbocycles. The fraction of sp³-hybridized carbons (Fsp3) is 0.167. The van der Waals surface area contributed by atoms with Crippen molar-refractivity contribution in [3.05, 3.63) is 53.1 Å². The average Bonchev–Trinajstić information content (AvgIpc) is 2.38. The van der Waals surface area contributed by atoms with E-state index >= 15 is 0 Å². The molecule has 4 nitrogen and oxygen atoms in total. The van der Waals surface area contributed by atoms with Gasteiger partial charge in [-0.15, -0.1) is 0 Å². The maximum absolute atomic E-state index is 9.13. The van der Waals surface area contributed by atoms with Crippen LogP contribution in [0.25, 0.3) is 0 Å². The summed E-state index contributed by atoms with van der Waals surface area (Å²) in [7, 11) is 0. The molecular weight excluding hydrogens is 240 g/mol. The average molecular weight is 251 g/mol. The van der Waals surface area contributed by atoms with Gasteiger partial charge in [0, 0.05) is 5.56 Å². The van der Waals surface area contributed by atoms with Gasteiger partial charge in [-0.3, -0.25) is 4.98 Å². The van der Waals surface area contributed by atoms with E-state index in [0.717, 1.165) is 5.56 Å². The number of hydrogen-bond acceptors (Lipinski definition) is 4. The second kappa shape index (κ2) is 5.61. The first-order valence-corrected chi connectivity index (χ1v) is 5.45. The van der Waals surface area contributed by atoms with E-state index in [4.69, 9.17) is 21.4 Å². The van der Waals surface area contributed by atoms with E-state index in [2.05, 4.69) is 9.97 Å². The molecule has 1 aromatic carbocycles. The highest BCUT2D eigenvalue weighted by molar-refractivity contribution is 6.29. The van der Waals surface area contributed by atoms with Gasteiger partial charge in [0.15, 0.2) is 0 Å². The maximum atomic E-state index is 9.13. The van der Waals surface area contributed by atoms with E-state index in [1.807, 2.05) is 18.2 Å². The molecule has 0 aliphatic rings. The lowest BCUT2D eigenvalue weighted by atomic mass is 10.2. The molecule has 17 heavy (non-hydrogen) atoms. The third-order valence-corrected chi connectivity index (χ3v) is 2.39. The largest absolute Gasteiger partial charge is 0.487 e. The predicted molar refractivity (Wildman–Crippen MR) is 63.7 cm³/mol. The highest BCUT2D eigenvalue weighted by Crippen LogP contribution is 2.18. The van der Waals surface area contributed by atoms with E-state index in [9.17, 15) is 0 Å². The predicted octanol–water partition coefficient (Wildman–Crippen LogP) is 2.20. The van der Waals surface area contributed by atoms with Crippen molar-refractivity contribution in [3.63, 3.8) is 0 Å². The first kappa shape index (κ1) is 11.8. The molecule has 1 aromatic heterocycles. The summed E-state index contributed by atoms with van der Waals surface area (Å²) < 4.78 is 5.55. The van der Waals surface area contributed by atoms with Crippen molar-refractivity contribution < 1.29 is 9.84 Å². The van der Waals surface area contributed by atoms with Crippen molar-refractivity contribution in [2.24, 2.45) is 0 Å². The standard InChI is InChI=1S/C12H11ClN2O2/c13-12-6-14-10(5-15-12)8-17-11-4-2-1-3-9(11)7-16/h1-6,16H,7-8H2. The monoisotopic (exact) mass is 250 g/mol. The number of aliphatic hydroxyl groups is 1. The van der Waals surface area contributed by atoms with Crippen molar-refractivity contribution in [2.45, 2.75) is 13.2 Å². The Hall–Kier alpha value is -1.65. The Kier molecular flexibility index (Phi) is 3.90. The smallest absolute Gasteiger partial charge is 0.147 e. The van der Waals surface area contributed by atoms with Crippen LogP contribution in [0.5, 0.6) is 5.75 Å². The molecule has 2 rings (SSSR count). The Bertz CT molecular complexity index is 488. The Balaban J connectivity index is 2.04. The summed E-state index contributed by atoms with van der Waals surface area (Å²) in [6.07, 6.45) is 3.03. The molecule has 0 fully saturated rings. The Morgan fingerprint density at radius 2 is 2.00 bits per heavy atom. The number of halogens is 1. The SMILES string of the molecule is OCc1ccccc1OCc1cnc(Cl)cn1. The van der Waals surface area contributed by atoms with Crippen LogP contribution in [-0.2, 0) is 13.2 Å². The number of aliphatic hydroxyl groups excluding tert-OH is 1. The molecule has 0 radical (unpaired) electrons. The molecule has 0 aliphatic carbocycles. The van der Waals surface area contributed by atoms with Crippen molar-refractivity contribution in [1.82, 2.24) is 9.97 Å². The van der Waals surface area contributed by atoms with Gasteiger partial charge in [-0.1, -0.05) is 29.8 Å². The number of benzene rings is 1. The number of aromatic nitrogens is 2. The highest BCUT2D eigenvalue weighted by atomic mass is 35.5. The summed E-state index contributed by atoms with van der Waals surface area (Å²) in [4.78, 5) is 7.97. The number of ether oxygens (including phenoxy) is 1. The van der Waals surface area contributed by atoms with Crippen LogP contribution in [0.4, 0.5) is 0 Å².